The van der Waals surface area contributed by atoms with E-state index in [1.807, 2.05) is 19.1 Å². The zero-order valence-electron chi connectivity index (χ0n) is 12.0. The van der Waals surface area contributed by atoms with Crippen molar-refractivity contribution in [2.24, 2.45) is 5.92 Å². The van der Waals surface area contributed by atoms with Gasteiger partial charge in [0.15, 0.2) is 0 Å². The molecule has 1 heterocycles. The van der Waals surface area contributed by atoms with Crippen molar-refractivity contribution in [3.63, 3.8) is 0 Å². The molecule has 1 aromatic heterocycles. The first-order valence-corrected chi connectivity index (χ1v) is 7.19. The number of hydrogen-bond donors (Lipinski definition) is 0. The first-order valence-electron chi connectivity index (χ1n) is 6.75. The van der Waals surface area contributed by atoms with E-state index in [2.05, 4.69) is 29.5 Å². The van der Waals surface area contributed by atoms with E-state index in [0.717, 1.165) is 35.6 Å². The fourth-order valence-corrected chi connectivity index (χ4v) is 2.41. The molecule has 0 saturated carbocycles. The van der Waals surface area contributed by atoms with E-state index < -0.39 is 0 Å². The Morgan fingerprint density at radius 2 is 2.11 bits per heavy atom. The predicted octanol–water partition coefficient (Wildman–Crippen LogP) is 4.39. The lowest BCUT2D eigenvalue weighted by Crippen LogP contribution is -2.10. The standard InChI is InChI=1S/C15H21ClN2O/c1-5-10(2)9-18-12-7-6-8-13(19-4)14(12)17-15(18)11(3)16/h6-8,10-11H,5,9H2,1-4H3. The predicted molar refractivity (Wildman–Crippen MR) is 80.0 cm³/mol. The maximum absolute atomic E-state index is 6.28. The number of rotatable bonds is 5. The molecule has 0 N–H and O–H groups in total. The van der Waals surface area contributed by atoms with E-state index in [4.69, 9.17) is 16.3 Å². The second-order valence-electron chi connectivity index (χ2n) is 5.04. The summed E-state index contributed by atoms with van der Waals surface area (Å²) in [6, 6.07) is 6.01. The average molecular weight is 281 g/mol. The number of alkyl halides is 1. The van der Waals surface area contributed by atoms with Crippen LogP contribution < -0.4 is 4.74 Å². The molecule has 0 radical (unpaired) electrons. The summed E-state index contributed by atoms with van der Waals surface area (Å²) < 4.78 is 7.61. The summed E-state index contributed by atoms with van der Waals surface area (Å²) in [6.07, 6.45) is 1.14. The number of fused-ring (bicyclic) bond motifs is 1. The van der Waals surface area contributed by atoms with Gasteiger partial charge in [-0.2, -0.15) is 0 Å². The summed E-state index contributed by atoms with van der Waals surface area (Å²) in [5, 5.41) is -0.110. The van der Waals surface area contributed by atoms with Crippen LogP contribution in [-0.4, -0.2) is 16.7 Å². The number of halogens is 1. The Balaban J connectivity index is 2.60. The SMILES string of the molecule is CCC(C)Cn1c(C(C)Cl)nc2c(OC)cccc21. The molecule has 0 aliphatic carbocycles. The molecule has 3 nitrogen and oxygen atoms in total. The first-order chi connectivity index (χ1) is 9.08. The average Bonchev–Trinajstić information content (AvgIpc) is 2.77. The van der Waals surface area contributed by atoms with Gasteiger partial charge in [-0.1, -0.05) is 26.3 Å². The Kier molecular flexibility index (Phi) is 4.35. The normalized spacial score (nSPS) is 14.6. The maximum Gasteiger partial charge on any atom is 0.146 e. The van der Waals surface area contributed by atoms with Gasteiger partial charge in [-0.05, 0) is 25.0 Å². The highest BCUT2D eigenvalue weighted by Gasteiger charge is 2.18. The molecule has 4 heteroatoms. The highest BCUT2D eigenvalue weighted by molar-refractivity contribution is 6.20. The summed E-state index contributed by atoms with van der Waals surface area (Å²) >= 11 is 6.28. The van der Waals surface area contributed by atoms with Gasteiger partial charge in [-0.3, -0.25) is 0 Å². The zero-order chi connectivity index (χ0) is 14.0. The molecule has 0 spiro atoms. The van der Waals surface area contributed by atoms with Crippen molar-refractivity contribution in [1.29, 1.82) is 0 Å². The summed E-state index contributed by atoms with van der Waals surface area (Å²) in [7, 11) is 1.67. The van der Waals surface area contributed by atoms with E-state index in [0.29, 0.717) is 5.92 Å². The van der Waals surface area contributed by atoms with Crippen LogP contribution in [-0.2, 0) is 6.54 Å². The van der Waals surface area contributed by atoms with Gasteiger partial charge in [0.2, 0.25) is 0 Å². The van der Waals surface area contributed by atoms with Crippen LogP contribution in [0.25, 0.3) is 11.0 Å². The Morgan fingerprint density at radius 3 is 2.68 bits per heavy atom. The fourth-order valence-electron chi connectivity index (χ4n) is 2.24. The third-order valence-corrected chi connectivity index (χ3v) is 3.73. The van der Waals surface area contributed by atoms with Crippen molar-refractivity contribution < 1.29 is 4.74 Å². The topological polar surface area (TPSA) is 27.1 Å². The van der Waals surface area contributed by atoms with Crippen LogP contribution in [0.3, 0.4) is 0 Å². The second-order valence-corrected chi connectivity index (χ2v) is 5.69. The molecule has 19 heavy (non-hydrogen) atoms. The van der Waals surface area contributed by atoms with Gasteiger partial charge < -0.3 is 9.30 Å². The van der Waals surface area contributed by atoms with Gasteiger partial charge in [0.1, 0.15) is 17.1 Å². The van der Waals surface area contributed by atoms with Crippen molar-refractivity contribution in [2.45, 2.75) is 39.1 Å². The van der Waals surface area contributed by atoms with Crippen LogP contribution in [0.5, 0.6) is 5.75 Å². The molecule has 0 bridgehead atoms. The van der Waals surface area contributed by atoms with E-state index in [1.54, 1.807) is 7.11 Å². The molecule has 2 aromatic rings. The molecule has 2 unspecified atom stereocenters. The number of nitrogens with zero attached hydrogens (tertiary/aromatic N) is 2. The van der Waals surface area contributed by atoms with Crippen LogP contribution in [0.4, 0.5) is 0 Å². The van der Waals surface area contributed by atoms with Crippen LogP contribution in [0, 0.1) is 5.92 Å². The van der Waals surface area contributed by atoms with Crippen LogP contribution in [0.1, 0.15) is 38.4 Å². The molecule has 0 aliphatic rings. The van der Waals surface area contributed by atoms with Crippen molar-refractivity contribution >= 4 is 22.6 Å². The molecule has 0 amide bonds. The van der Waals surface area contributed by atoms with E-state index in [9.17, 15) is 0 Å². The molecule has 1 aromatic carbocycles. The van der Waals surface area contributed by atoms with Gasteiger partial charge in [0.25, 0.3) is 0 Å². The van der Waals surface area contributed by atoms with Gasteiger partial charge in [0, 0.05) is 6.54 Å². The van der Waals surface area contributed by atoms with Crippen molar-refractivity contribution in [1.82, 2.24) is 9.55 Å². The number of ether oxygens (including phenoxy) is 1. The van der Waals surface area contributed by atoms with Crippen molar-refractivity contribution in [3.8, 4) is 5.75 Å². The monoisotopic (exact) mass is 280 g/mol. The van der Waals surface area contributed by atoms with E-state index in [1.165, 1.54) is 0 Å². The summed E-state index contributed by atoms with van der Waals surface area (Å²) in [5.41, 5.74) is 2.00. The second kappa shape index (κ2) is 5.83. The summed E-state index contributed by atoms with van der Waals surface area (Å²) in [5.74, 6) is 2.32. The van der Waals surface area contributed by atoms with Gasteiger partial charge >= 0.3 is 0 Å². The highest BCUT2D eigenvalue weighted by Crippen LogP contribution is 2.30. The summed E-state index contributed by atoms with van der Waals surface area (Å²) in [4.78, 5) is 4.68. The molecule has 0 fully saturated rings. The molecule has 0 saturated heterocycles. The Hall–Kier alpha value is -1.22. The summed E-state index contributed by atoms with van der Waals surface area (Å²) in [6.45, 7) is 7.35. The van der Waals surface area contributed by atoms with Gasteiger partial charge in [-0.25, -0.2) is 4.98 Å². The fraction of sp³-hybridized carbons (Fsp3) is 0.533. The van der Waals surface area contributed by atoms with Crippen molar-refractivity contribution in [2.75, 3.05) is 7.11 Å². The largest absolute Gasteiger partial charge is 0.494 e. The van der Waals surface area contributed by atoms with Crippen LogP contribution >= 0.6 is 11.6 Å². The third-order valence-electron chi connectivity index (χ3n) is 3.54. The third kappa shape index (κ3) is 2.71. The zero-order valence-corrected chi connectivity index (χ0v) is 12.7. The lowest BCUT2D eigenvalue weighted by atomic mass is 10.1. The minimum atomic E-state index is -0.110. The number of aromatic nitrogens is 2. The smallest absolute Gasteiger partial charge is 0.146 e. The highest BCUT2D eigenvalue weighted by atomic mass is 35.5. The van der Waals surface area contributed by atoms with Gasteiger partial charge in [0.05, 0.1) is 18.0 Å². The molecular formula is C15H21ClN2O. The van der Waals surface area contributed by atoms with E-state index in [-0.39, 0.29) is 5.38 Å². The Bertz CT molecular complexity index is 563. The van der Waals surface area contributed by atoms with Crippen molar-refractivity contribution in [3.05, 3.63) is 24.0 Å². The number of benzene rings is 1. The number of imidazole rings is 1. The Morgan fingerprint density at radius 1 is 1.37 bits per heavy atom. The van der Waals surface area contributed by atoms with Crippen LogP contribution in [0.2, 0.25) is 0 Å². The lowest BCUT2D eigenvalue weighted by Gasteiger charge is -2.14. The molecule has 0 aliphatic heterocycles. The quantitative estimate of drug-likeness (QED) is 0.760. The van der Waals surface area contributed by atoms with Gasteiger partial charge in [-0.15, -0.1) is 11.6 Å². The first kappa shape index (κ1) is 14.2. The molecule has 104 valence electrons. The number of methoxy groups -OCH3 is 1. The molecule has 2 rings (SSSR count). The molecule has 2 atom stereocenters. The molecular weight excluding hydrogens is 260 g/mol. The van der Waals surface area contributed by atoms with E-state index >= 15 is 0 Å². The Labute approximate surface area is 119 Å². The van der Waals surface area contributed by atoms with Crippen LogP contribution in [0.15, 0.2) is 18.2 Å². The number of para-hydroxylation sites is 1. The lowest BCUT2D eigenvalue weighted by molar-refractivity contribution is 0.419. The minimum absolute atomic E-state index is 0.110. The minimum Gasteiger partial charge on any atom is -0.494 e. The number of hydrogen-bond acceptors (Lipinski definition) is 2. The maximum atomic E-state index is 6.28.